The van der Waals surface area contributed by atoms with Crippen molar-refractivity contribution < 1.29 is 9.41 Å². The molecular weight excluding hydrogens is 310 g/mol. The van der Waals surface area contributed by atoms with Crippen LogP contribution in [0.1, 0.15) is 5.69 Å². The summed E-state index contributed by atoms with van der Waals surface area (Å²) in [6.45, 7) is 2.12. The first-order valence-electron chi connectivity index (χ1n) is 5.88. The zero-order valence-corrected chi connectivity index (χ0v) is 12.0. The number of hydrogen-bond donors (Lipinski definition) is 1. The summed E-state index contributed by atoms with van der Waals surface area (Å²) in [6, 6.07) is 11.6. The zero-order valence-electron chi connectivity index (χ0n) is 10.4. The molecule has 0 atom stereocenters. The second kappa shape index (κ2) is 6.17. The summed E-state index contributed by atoms with van der Waals surface area (Å²) < 4.78 is 13.7. The van der Waals surface area contributed by atoms with Crippen molar-refractivity contribution in [2.75, 3.05) is 4.81 Å². The van der Waals surface area contributed by atoms with Crippen LogP contribution in [0.5, 0.6) is 0 Å². The van der Waals surface area contributed by atoms with Gasteiger partial charge in [-0.3, -0.25) is 0 Å². The largest absolute Gasteiger partial charge is 0.432 e. The van der Waals surface area contributed by atoms with E-state index in [1.54, 1.807) is 23.8 Å². The SMILES string of the molecule is CB(O)N(Cc1cccc(Br)n1)c1ccc(F)cc1. The van der Waals surface area contributed by atoms with E-state index < -0.39 is 7.05 Å². The number of rotatable bonds is 4. The van der Waals surface area contributed by atoms with Gasteiger partial charge in [0.2, 0.25) is 0 Å². The van der Waals surface area contributed by atoms with Crippen molar-refractivity contribution in [2.45, 2.75) is 13.4 Å². The minimum Gasteiger partial charge on any atom is -0.432 e. The summed E-state index contributed by atoms with van der Waals surface area (Å²) in [4.78, 5) is 6.07. The fourth-order valence-corrected chi connectivity index (χ4v) is 2.16. The third-order valence-corrected chi connectivity index (χ3v) is 3.16. The van der Waals surface area contributed by atoms with E-state index in [-0.39, 0.29) is 5.82 Å². The molecular formula is C13H13BBrFN2O. The average Bonchev–Trinajstić information content (AvgIpc) is 2.37. The van der Waals surface area contributed by atoms with E-state index in [0.717, 1.165) is 16.0 Å². The highest BCUT2D eigenvalue weighted by molar-refractivity contribution is 9.10. The number of aromatic nitrogens is 1. The van der Waals surface area contributed by atoms with E-state index in [1.165, 1.54) is 12.1 Å². The van der Waals surface area contributed by atoms with Crippen molar-refractivity contribution in [3.05, 3.63) is 58.6 Å². The molecule has 3 nitrogen and oxygen atoms in total. The molecule has 0 fully saturated rings. The van der Waals surface area contributed by atoms with Gasteiger partial charge in [0, 0.05) is 5.69 Å². The highest BCUT2D eigenvalue weighted by Crippen LogP contribution is 2.18. The normalized spacial score (nSPS) is 10.3. The van der Waals surface area contributed by atoms with Gasteiger partial charge in [-0.25, -0.2) is 9.37 Å². The molecule has 0 aliphatic heterocycles. The van der Waals surface area contributed by atoms with Gasteiger partial charge in [0.1, 0.15) is 10.4 Å². The maximum absolute atomic E-state index is 12.9. The van der Waals surface area contributed by atoms with Gasteiger partial charge < -0.3 is 9.83 Å². The van der Waals surface area contributed by atoms with E-state index in [4.69, 9.17) is 0 Å². The van der Waals surface area contributed by atoms with Gasteiger partial charge in [-0.05, 0) is 59.2 Å². The lowest BCUT2D eigenvalue weighted by Crippen LogP contribution is -2.36. The van der Waals surface area contributed by atoms with Crippen LogP contribution in [0, 0.1) is 5.82 Å². The maximum Gasteiger partial charge on any atom is 0.409 e. The summed E-state index contributed by atoms with van der Waals surface area (Å²) in [5.74, 6) is -0.296. The lowest BCUT2D eigenvalue weighted by atomic mass is 9.84. The van der Waals surface area contributed by atoms with E-state index in [0.29, 0.717) is 6.54 Å². The molecule has 0 unspecified atom stereocenters. The molecule has 6 heteroatoms. The third kappa shape index (κ3) is 3.78. The fraction of sp³-hybridized carbons (Fsp3) is 0.154. The Bertz CT molecular complexity index is 551. The van der Waals surface area contributed by atoms with Gasteiger partial charge in [-0.15, -0.1) is 0 Å². The van der Waals surface area contributed by atoms with Crippen LogP contribution in [0.15, 0.2) is 47.1 Å². The molecule has 0 spiro atoms. The summed E-state index contributed by atoms with van der Waals surface area (Å²) in [5.41, 5.74) is 1.57. The van der Waals surface area contributed by atoms with Gasteiger partial charge in [-0.1, -0.05) is 6.07 Å². The standard InChI is InChI=1S/C13H13BBrFN2O/c1-14(19)18(12-7-5-10(16)6-8-12)9-11-3-2-4-13(15)17-11/h2-8,19H,9H2,1H3. The van der Waals surface area contributed by atoms with Crippen molar-refractivity contribution in [2.24, 2.45) is 0 Å². The summed E-state index contributed by atoms with van der Waals surface area (Å²) in [5, 5.41) is 9.86. The molecule has 0 aliphatic rings. The second-order valence-corrected chi connectivity index (χ2v) is 5.00. The molecule has 19 heavy (non-hydrogen) atoms. The summed E-state index contributed by atoms with van der Waals surface area (Å²) >= 11 is 3.31. The molecule has 1 heterocycles. The van der Waals surface area contributed by atoms with Gasteiger partial charge >= 0.3 is 7.05 Å². The first-order valence-corrected chi connectivity index (χ1v) is 6.67. The van der Waals surface area contributed by atoms with Crippen LogP contribution in [-0.4, -0.2) is 17.1 Å². The monoisotopic (exact) mass is 322 g/mol. The summed E-state index contributed by atoms with van der Waals surface area (Å²) in [6.07, 6.45) is 0. The molecule has 1 N–H and O–H groups in total. The molecule has 0 saturated heterocycles. The molecule has 2 aromatic rings. The van der Waals surface area contributed by atoms with Crippen molar-refractivity contribution in [3.8, 4) is 0 Å². The maximum atomic E-state index is 12.9. The number of hydrogen-bond acceptors (Lipinski definition) is 3. The molecule has 0 bridgehead atoms. The molecule has 1 aromatic heterocycles. The quantitative estimate of drug-likeness (QED) is 0.694. The van der Waals surface area contributed by atoms with E-state index in [1.807, 2.05) is 18.2 Å². The number of pyridine rings is 1. The van der Waals surface area contributed by atoms with Crippen LogP contribution < -0.4 is 4.81 Å². The Balaban J connectivity index is 2.23. The smallest absolute Gasteiger partial charge is 0.409 e. The molecule has 0 saturated carbocycles. The minimum absolute atomic E-state index is 0.296. The molecule has 1 aromatic carbocycles. The average molecular weight is 323 g/mol. The van der Waals surface area contributed by atoms with Crippen LogP contribution in [0.4, 0.5) is 10.1 Å². The topological polar surface area (TPSA) is 36.4 Å². The molecule has 98 valence electrons. The first kappa shape index (κ1) is 14.0. The number of nitrogens with zero attached hydrogens (tertiary/aromatic N) is 2. The Labute approximate surface area is 120 Å². The van der Waals surface area contributed by atoms with Crippen molar-refractivity contribution in [1.82, 2.24) is 4.98 Å². The van der Waals surface area contributed by atoms with Gasteiger partial charge in [-0.2, -0.15) is 0 Å². The van der Waals surface area contributed by atoms with Crippen LogP contribution in [0.2, 0.25) is 6.82 Å². The van der Waals surface area contributed by atoms with E-state index in [2.05, 4.69) is 20.9 Å². The van der Waals surface area contributed by atoms with Crippen LogP contribution >= 0.6 is 15.9 Å². The van der Waals surface area contributed by atoms with Crippen molar-refractivity contribution in [3.63, 3.8) is 0 Å². The Hall–Kier alpha value is -1.40. The Morgan fingerprint density at radius 3 is 2.53 bits per heavy atom. The fourth-order valence-electron chi connectivity index (χ4n) is 1.78. The Kier molecular flexibility index (Phi) is 4.55. The molecule has 0 radical (unpaired) electrons. The van der Waals surface area contributed by atoms with Crippen LogP contribution in [0.25, 0.3) is 0 Å². The molecule has 2 rings (SSSR count). The number of halogens is 2. The van der Waals surface area contributed by atoms with Gasteiger partial charge in [0.05, 0.1) is 12.2 Å². The van der Waals surface area contributed by atoms with Crippen molar-refractivity contribution in [1.29, 1.82) is 0 Å². The van der Waals surface area contributed by atoms with E-state index in [9.17, 15) is 9.41 Å². The minimum atomic E-state index is -0.689. The number of benzene rings is 1. The predicted molar refractivity (Wildman–Crippen MR) is 78.4 cm³/mol. The lowest BCUT2D eigenvalue weighted by Gasteiger charge is -2.25. The summed E-state index contributed by atoms with van der Waals surface area (Å²) in [7, 11) is -0.689. The predicted octanol–water partition coefficient (Wildman–Crippen LogP) is 3.10. The highest BCUT2D eigenvalue weighted by atomic mass is 79.9. The first-order chi connectivity index (χ1) is 9.06. The van der Waals surface area contributed by atoms with Crippen LogP contribution in [0.3, 0.4) is 0 Å². The second-order valence-electron chi connectivity index (χ2n) is 4.19. The molecule has 0 amide bonds. The lowest BCUT2D eigenvalue weighted by molar-refractivity contribution is 0.568. The van der Waals surface area contributed by atoms with Gasteiger partial charge in [0.15, 0.2) is 0 Å². The van der Waals surface area contributed by atoms with Crippen LogP contribution in [-0.2, 0) is 6.54 Å². The Morgan fingerprint density at radius 1 is 1.26 bits per heavy atom. The molecule has 0 aliphatic carbocycles. The third-order valence-electron chi connectivity index (χ3n) is 2.71. The zero-order chi connectivity index (χ0) is 13.8. The highest BCUT2D eigenvalue weighted by Gasteiger charge is 2.17. The number of anilines is 1. The van der Waals surface area contributed by atoms with Crippen molar-refractivity contribution >= 4 is 28.7 Å². The Morgan fingerprint density at radius 2 is 1.95 bits per heavy atom. The van der Waals surface area contributed by atoms with Gasteiger partial charge in [0.25, 0.3) is 0 Å². The van der Waals surface area contributed by atoms with E-state index >= 15 is 0 Å².